The molecule has 102 valence electrons. The number of fused-ring (bicyclic) bond motifs is 1. The Morgan fingerprint density at radius 2 is 1.85 bits per heavy atom. The van der Waals surface area contributed by atoms with Crippen molar-refractivity contribution in [3.8, 4) is 17.2 Å². The molecule has 0 bridgehead atoms. The Bertz CT molecular complexity index is 817. The van der Waals surface area contributed by atoms with E-state index in [-0.39, 0.29) is 5.69 Å². The van der Waals surface area contributed by atoms with Crippen LogP contribution in [0.1, 0.15) is 0 Å². The van der Waals surface area contributed by atoms with Crippen LogP contribution in [0.15, 0.2) is 47.3 Å². The summed E-state index contributed by atoms with van der Waals surface area (Å²) in [5, 5.41) is 0. The molecule has 0 fully saturated rings. The molecule has 20 heavy (non-hydrogen) atoms. The van der Waals surface area contributed by atoms with Crippen LogP contribution < -0.4 is 15.2 Å². The normalized spacial score (nSPS) is 10.7. The minimum atomic E-state index is -0.210. The maximum Gasteiger partial charge on any atom is 0.331 e. The third-order valence-electron chi connectivity index (χ3n) is 3.22. The maximum atomic E-state index is 12.2. The highest BCUT2D eigenvalue weighted by molar-refractivity contribution is 5.79. The standard InChI is InChI=1S/C15H14N2O3/c1-19-10-7-8-12-11(9-10)16-15(18)17(12)13-5-3-4-6-14(13)20-2/h3-9H,1-2H3,(H,16,18). The monoisotopic (exact) mass is 270 g/mol. The molecule has 0 amide bonds. The van der Waals surface area contributed by atoms with Gasteiger partial charge in [-0.05, 0) is 24.3 Å². The predicted molar refractivity (Wildman–Crippen MR) is 77.0 cm³/mol. The molecule has 2 aromatic carbocycles. The number of para-hydroxylation sites is 2. The van der Waals surface area contributed by atoms with Crippen molar-refractivity contribution in [2.45, 2.75) is 0 Å². The van der Waals surface area contributed by atoms with E-state index in [0.29, 0.717) is 17.2 Å². The van der Waals surface area contributed by atoms with Crippen LogP contribution in [0.3, 0.4) is 0 Å². The van der Waals surface area contributed by atoms with Crippen LogP contribution in [-0.4, -0.2) is 23.8 Å². The zero-order chi connectivity index (χ0) is 14.1. The first kappa shape index (κ1) is 12.3. The number of hydrogen-bond acceptors (Lipinski definition) is 3. The lowest BCUT2D eigenvalue weighted by atomic mass is 10.2. The van der Waals surface area contributed by atoms with Gasteiger partial charge in [-0.3, -0.25) is 4.57 Å². The largest absolute Gasteiger partial charge is 0.497 e. The summed E-state index contributed by atoms with van der Waals surface area (Å²) < 4.78 is 12.1. The lowest BCUT2D eigenvalue weighted by Gasteiger charge is -2.09. The topological polar surface area (TPSA) is 56.2 Å². The van der Waals surface area contributed by atoms with Crippen LogP contribution >= 0.6 is 0 Å². The number of nitrogens with zero attached hydrogens (tertiary/aromatic N) is 1. The van der Waals surface area contributed by atoms with Gasteiger partial charge in [-0.25, -0.2) is 4.79 Å². The molecule has 3 aromatic rings. The second kappa shape index (κ2) is 4.77. The van der Waals surface area contributed by atoms with E-state index in [1.54, 1.807) is 24.9 Å². The number of aromatic amines is 1. The highest BCUT2D eigenvalue weighted by Gasteiger charge is 2.12. The van der Waals surface area contributed by atoms with Gasteiger partial charge in [0.15, 0.2) is 0 Å². The summed E-state index contributed by atoms with van der Waals surface area (Å²) in [6, 6.07) is 12.9. The Hall–Kier alpha value is -2.69. The van der Waals surface area contributed by atoms with E-state index in [1.165, 1.54) is 0 Å². The first-order valence-corrected chi connectivity index (χ1v) is 6.17. The van der Waals surface area contributed by atoms with E-state index < -0.39 is 0 Å². The molecule has 0 radical (unpaired) electrons. The van der Waals surface area contributed by atoms with Gasteiger partial charge >= 0.3 is 5.69 Å². The highest BCUT2D eigenvalue weighted by Crippen LogP contribution is 2.25. The van der Waals surface area contributed by atoms with Crippen molar-refractivity contribution < 1.29 is 9.47 Å². The number of rotatable bonds is 3. The van der Waals surface area contributed by atoms with Gasteiger partial charge in [-0.15, -0.1) is 0 Å². The molecule has 5 heteroatoms. The van der Waals surface area contributed by atoms with Crippen molar-refractivity contribution in [1.29, 1.82) is 0 Å². The van der Waals surface area contributed by atoms with Crippen molar-refractivity contribution >= 4 is 11.0 Å². The lowest BCUT2D eigenvalue weighted by Crippen LogP contribution is -2.15. The zero-order valence-electron chi connectivity index (χ0n) is 11.2. The Labute approximate surface area is 115 Å². The van der Waals surface area contributed by atoms with Gasteiger partial charge in [0.25, 0.3) is 0 Å². The quantitative estimate of drug-likeness (QED) is 0.794. The first-order chi connectivity index (χ1) is 9.74. The summed E-state index contributed by atoms with van der Waals surface area (Å²) in [6.45, 7) is 0. The van der Waals surface area contributed by atoms with Crippen LogP contribution in [-0.2, 0) is 0 Å². The smallest absolute Gasteiger partial charge is 0.331 e. The fraction of sp³-hybridized carbons (Fsp3) is 0.133. The molecule has 0 unspecified atom stereocenters. The first-order valence-electron chi connectivity index (χ1n) is 6.17. The molecule has 1 aromatic heterocycles. The number of aromatic nitrogens is 2. The number of methoxy groups -OCH3 is 2. The van der Waals surface area contributed by atoms with Crippen molar-refractivity contribution in [3.05, 3.63) is 52.9 Å². The molecule has 0 aliphatic carbocycles. The Morgan fingerprint density at radius 3 is 2.60 bits per heavy atom. The van der Waals surface area contributed by atoms with Crippen LogP contribution in [0.2, 0.25) is 0 Å². The fourth-order valence-electron chi connectivity index (χ4n) is 2.27. The van der Waals surface area contributed by atoms with Crippen LogP contribution in [0.4, 0.5) is 0 Å². The van der Waals surface area contributed by atoms with E-state index in [4.69, 9.17) is 9.47 Å². The summed E-state index contributed by atoms with van der Waals surface area (Å²) in [6.07, 6.45) is 0. The van der Waals surface area contributed by atoms with E-state index in [2.05, 4.69) is 4.98 Å². The summed E-state index contributed by atoms with van der Waals surface area (Å²) >= 11 is 0. The molecule has 5 nitrogen and oxygen atoms in total. The molecule has 0 spiro atoms. The number of nitrogens with one attached hydrogen (secondary N) is 1. The summed E-state index contributed by atoms with van der Waals surface area (Å²) in [5.74, 6) is 1.34. The molecular formula is C15H14N2O3. The van der Waals surface area contributed by atoms with Crippen LogP contribution in [0, 0.1) is 0 Å². The second-order valence-electron chi connectivity index (χ2n) is 4.32. The van der Waals surface area contributed by atoms with Gasteiger partial charge in [-0.1, -0.05) is 12.1 Å². The van der Waals surface area contributed by atoms with E-state index in [1.807, 2.05) is 36.4 Å². The fourth-order valence-corrected chi connectivity index (χ4v) is 2.27. The van der Waals surface area contributed by atoms with E-state index in [0.717, 1.165) is 11.0 Å². The second-order valence-corrected chi connectivity index (χ2v) is 4.32. The average molecular weight is 270 g/mol. The number of imidazole rings is 1. The van der Waals surface area contributed by atoms with Gasteiger partial charge in [0.05, 0.1) is 30.9 Å². The van der Waals surface area contributed by atoms with Gasteiger partial charge in [0.2, 0.25) is 0 Å². The molecule has 0 saturated carbocycles. The van der Waals surface area contributed by atoms with E-state index >= 15 is 0 Å². The number of hydrogen-bond donors (Lipinski definition) is 1. The van der Waals surface area contributed by atoms with E-state index in [9.17, 15) is 4.79 Å². The SMILES string of the molecule is COc1ccc2c(c1)[nH]c(=O)n2-c1ccccc1OC. The molecule has 0 aliphatic rings. The minimum absolute atomic E-state index is 0.210. The van der Waals surface area contributed by atoms with Crippen LogP contribution in [0.5, 0.6) is 11.5 Å². The van der Waals surface area contributed by atoms with Crippen LogP contribution in [0.25, 0.3) is 16.7 Å². The lowest BCUT2D eigenvalue weighted by molar-refractivity contribution is 0.413. The molecule has 1 heterocycles. The highest BCUT2D eigenvalue weighted by atomic mass is 16.5. The molecule has 3 rings (SSSR count). The molecular weight excluding hydrogens is 256 g/mol. The number of H-pyrrole nitrogens is 1. The maximum absolute atomic E-state index is 12.2. The van der Waals surface area contributed by atoms with Gasteiger partial charge in [-0.2, -0.15) is 0 Å². The third kappa shape index (κ3) is 1.84. The number of benzene rings is 2. The third-order valence-corrected chi connectivity index (χ3v) is 3.22. The van der Waals surface area contributed by atoms with Crippen molar-refractivity contribution in [3.63, 3.8) is 0 Å². The van der Waals surface area contributed by atoms with Gasteiger partial charge in [0, 0.05) is 6.07 Å². The summed E-state index contributed by atoms with van der Waals surface area (Å²) in [7, 11) is 3.18. The zero-order valence-corrected chi connectivity index (χ0v) is 11.2. The van der Waals surface area contributed by atoms with Crippen molar-refractivity contribution in [1.82, 2.24) is 9.55 Å². The van der Waals surface area contributed by atoms with Crippen molar-refractivity contribution in [2.75, 3.05) is 14.2 Å². The molecule has 0 aliphatic heterocycles. The molecule has 1 N–H and O–H groups in total. The predicted octanol–water partition coefficient (Wildman–Crippen LogP) is 2.34. The number of ether oxygens (including phenoxy) is 2. The van der Waals surface area contributed by atoms with Crippen molar-refractivity contribution in [2.24, 2.45) is 0 Å². The minimum Gasteiger partial charge on any atom is -0.497 e. The van der Waals surface area contributed by atoms with Gasteiger partial charge in [0.1, 0.15) is 11.5 Å². The summed E-state index contributed by atoms with van der Waals surface area (Å²) in [5.41, 5.74) is 2.00. The Balaban J connectivity index is 2.31. The molecule has 0 atom stereocenters. The average Bonchev–Trinajstić information content (AvgIpc) is 2.81. The Morgan fingerprint density at radius 1 is 1.05 bits per heavy atom. The summed E-state index contributed by atoms with van der Waals surface area (Å²) in [4.78, 5) is 15.0. The Kier molecular flexibility index (Phi) is 2.95. The molecule has 0 saturated heterocycles. The van der Waals surface area contributed by atoms with Gasteiger partial charge < -0.3 is 14.5 Å².